The minimum absolute atomic E-state index is 0.112. The van der Waals surface area contributed by atoms with Crippen LogP contribution in [0, 0.1) is 0 Å². The molecule has 4 saturated heterocycles. The molecule has 0 spiro atoms. The van der Waals surface area contributed by atoms with Crippen molar-refractivity contribution >= 4 is 11.6 Å². The maximum atomic E-state index is 11.1. The summed E-state index contributed by atoms with van der Waals surface area (Å²) in [5.74, 6) is 0.629. The summed E-state index contributed by atoms with van der Waals surface area (Å²) in [5, 5.41) is 19.0. The van der Waals surface area contributed by atoms with E-state index in [1.165, 1.54) is 0 Å². The van der Waals surface area contributed by atoms with Gasteiger partial charge >= 0.3 is 0 Å². The number of carbonyl (C=O) groups is 2. The van der Waals surface area contributed by atoms with Gasteiger partial charge in [0.25, 0.3) is 0 Å². The zero-order valence-corrected chi connectivity index (χ0v) is 13.3. The predicted octanol–water partition coefficient (Wildman–Crippen LogP) is -0.434. The van der Waals surface area contributed by atoms with Crippen molar-refractivity contribution < 1.29 is 19.8 Å². The van der Waals surface area contributed by atoms with Crippen molar-refractivity contribution in [3.05, 3.63) is 0 Å². The molecule has 0 amide bonds. The first kappa shape index (κ1) is 16.1. The molecule has 4 heterocycles. The molecule has 0 radical (unpaired) electrons. The highest BCUT2D eigenvalue weighted by Gasteiger charge is 2.44. The van der Waals surface area contributed by atoms with Crippen LogP contribution in [0.2, 0.25) is 0 Å². The fourth-order valence-corrected chi connectivity index (χ4v) is 4.46. The van der Waals surface area contributed by atoms with Gasteiger partial charge in [-0.3, -0.25) is 19.4 Å². The molecule has 6 heteroatoms. The molecule has 0 aliphatic carbocycles. The largest absolute Gasteiger partial charge is 0.391 e. The molecular formula is C16H26N2O4. The third-order valence-electron chi connectivity index (χ3n) is 5.91. The van der Waals surface area contributed by atoms with E-state index < -0.39 is 0 Å². The van der Waals surface area contributed by atoms with E-state index in [4.69, 9.17) is 0 Å². The monoisotopic (exact) mass is 310 g/mol. The molecule has 124 valence electrons. The Hall–Kier alpha value is -0.820. The van der Waals surface area contributed by atoms with Gasteiger partial charge in [-0.25, -0.2) is 0 Å². The van der Waals surface area contributed by atoms with E-state index in [1.54, 1.807) is 0 Å². The van der Waals surface area contributed by atoms with E-state index in [0.717, 1.165) is 12.8 Å². The highest BCUT2D eigenvalue weighted by molar-refractivity contribution is 5.81. The number of fused-ring (bicyclic) bond motifs is 4. The van der Waals surface area contributed by atoms with E-state index in [2.05, 4.69) is 9.80 Å². The molecule has 4 fully saturated rings. The third kappa shape index (κ3) is 2.85. The van der Waals surface area contributed by atoms with Gasteiger partial charge in [0, 0.05) is 49.9 Å². The maximum Gasteiger partial charge on any atom is 0.136 e. The molecule has 0 unspecified atom stereocenters. The molecule has 0 aromatic carbocycles. The molecule has 2 N–H and O–H groups in total. The van der Waals surface area contributed by atoms with Crippen molar-refractivity contribution in [2.45, 2.75) is 74.9 Å². The number of hydrogen-bond donors (Lipinski definition) is 2. The van der Waals surface area contributed by atoms with Crippen molar-refractivity contribution in [3.63, 3.8) is 0 Å². The lowest BCUT2D eigenvalue weighted by atomic mass is 10.0. The molecule has 0 aromatic rings. The Bertz CT molecular complexity index is 427. The molecular weight excluding hydrogens is 284 g/mol. The Kier molecular flexibility index (Phi) is 4.38. The predicted molar refractivity (Wildman–Crippen MR) is 80.4 cm³/mol. The summed E-state index contributed by atoms with van der Waals surface area (Å²) < 4.78 is 0. The molecule has 6 atom stereocenters. The van der Waals surface area contributed by atoms with Crippen LogP contribution >= 0.6 is 0 Å². The Morgan fingerprint density at radius 2 is 1.14 bits per heavy atom. The lowest BCUT2D eigenvalue weighted by molar-refractivity contribution is -0.124. The normalized spacial score (nSPS) is 44.9. The van der Waals surface area contributed by atoms with Crippen LogP contribution in [0.25, 0.3) is 0 Å². The van der Waals surface area contributed by atoms with E-state index >= 15 is 0 Å². The van der Waals surface area contributed by atoms with Crippen molar-refractivity contribution in [3.8, 4) is 0 Å². The SMILES string of the molecule is CN1[C@@H]2CC(=O)C[C@H]1[C@@H](O)C2.CN1[C@H]2CC(=O)C[C@@H]1[C@H](O)C2. The Morgan fingerprint density at radius 1 is 0.773 bits per heavy atom. The number of rotatable bonds is 0. The molecule has 0 saturated carbocycles. The van der Waals surface area contributed by atoms with Crippen LogP contribution in [0.1, 0.15) is 38.5 Å². The lowest BCUT2D eigenvalue weighted by Gasteiger charge is -2.30. The van der Waals surface area contributed by atoms with Crippen LogP contribution in [0.15, 0.2) is 0 Å². The van der Waals surface area contributed by atoms with E-state index in [1.807, 2.05) is 14.1 Å². The topological polar surface area (TPSA) is 81.1 Å². The maximum absolute atomic E-state index is 11.1. The fourth-order valence-electron chi connectivity index (χ4n) is 4.46. The first-order chi connectivity index (χ1) is 10.4. The number of likely N-dealkylation sites (N-methyl/N-ethyl adjacent to an activating group) is 2. The summed E-state index contributed by atoms with van der Waals surface area (Å²) >= 11 is 0. The van der Waals surface area contributed by atoms with Gasteiger partial charge in [-0.2, -0.15) is 0 Å². The average Bonchev–Trinajstić information content (AvgIpc) is 2.72. The van der Waals surface area contributed by atoms with Crippen LogP contribution in [0.5, 0.6) is 0 Å². The fraction of sp³-hybridized carbons (Fsp3) is 0.875. The standard InChI is InChI=1S/2C8H13NO2/c2*1-9-5-2-6(10)4-7(9)8(11)3-5/h2*5,7-8,11H,2-4H2,1H3/t2*5-,7+,8+/m10/s1. The molecule has 6 nitrogen and oxygen atoms in total. The number of Topliss-reactive ketones (excluding diaryl/α,β-unsaturated/α-hetero) is 2. The molecule has 4 aliphatic heterocycles. The summed E-state index contributed by atoms with van der Waals surface area (Å²) in [5.41, 5.74) is 0. The summed E-state index contributed by atoms with van der Waals surface area (Å²) in [4.78, 5) is 26.4. The summed E-state index contributed by atoms with van der Waals surface area (Å²) in [6.07, 6.45) is 3.42. The number of nitrogens with zero attached hydrogens (tertiary/aromatic N) is 2. The molecule has 0 aromatic heterocycles. The number of piperidine rings is 2. The van der Waals surface area contributed by atoms with Gasteiger partial charge in [0.05, 0.1) is 12.2 Å². The van der Waals surface area contributed by atoms with Crippen LogP contribution in [0.3, 0.4) is 0 Å². The van der Waals surface area contributed by atoms with Crippen molar-refractivity contribution in [2.24, 2.45) is 0 Å². The van der Waals surface area contributed by atoms with Crippen molar-refractivity contribution in [1.82, 2.24) is 9.80 Å². The smallest absolute Gasteiger partial charge is 0.136 e. The third-order valence-corrected chi connectivity index (χ3v) is 5.91. The number of aliphatic hydroxyl groups excluding tert-OH is 2. The lowest BCUT2D eigenvalue weighted by Crippen LogP contribution is -2.42. The Labute approximate surface area is 131 Å². The summed E-state index contributed by atoms with van der Waals surface area (Å²) in [7, 11) is 4.00. The van der Waals surface area contributed by atoms with Crippen LogP contribution in [-0.4, -0.2) is 82.1 Å². The van der Waals surface area contributed by atoms with Gasteiger partial charge in [-0.05, 0) is 26.9 Å². The number of ketones is 2. The molecule has 4 bridgehead atoms. The van der Waals surface area contributed by atoms with Gasteiger partial charge in [-0.15, -0.1) is 0 Å². The summed E-state index contributed by atoms with van der Waals surface area (Å²) in [6.45, 7) is 0. The average molecular weight is 310 g/mol. The van der Waals surface area contributed by atoms with Gasteiger partial charge in [0.15, 0.2) is 0 Å². The van der Waals surface area contributed by atoms with Gasteiger partial charge in [0.2, 0.25) is 0 Å². The van der Waals surface area contributed by atoms with Crippen molar-refractivity contribution in [1.29, 1.82) is 0 Å². The number of carbonyl (C=O) groups excluding carboxylic acids is 2. The second-order valence-corrected chi connectivity index (χ2v) is 7.27. The Morgan fingerprint density at radius 3 is 1.45 bits per heavy atom. The first-order valence-electron chi connectivity index (χ1n) is 8.20. The van der Waals surface area contributed by atoms with Crippen LogP contribution in [0.4, 0.5) is 0 Å². The molecule has 4 rings (SSSR count). The minimum Gasteiger partial charge on any atom is -0.391 e. The number of aliphatic hydroxyl groups is 2. The van der Waals surface area contributed by atoms with Gasteiger partial charge in [-0.1, -0.05) is 0 Å². The van der Waals surface area contributed by atoms with E-state index in [0.29, 0.717) is 49.3 Å². The van der Waals surface area contributed by atoms with Gasteiger partial charge in [0.1, 0.15) is 11.6 Å². The van der Waals surface area contributed by atoms with Crippen molar-refractivity contribution in [2.75, 3.05) is 14.1 Å². The minimum atomic E-state index is -0.267. The highest BCUT2D eigenvalue weighted by Crippen LogP contribution is 2.33. The molecule has 4 aliphatic rings. The second kappa shape index (κ2) is 6.00. The van der Waals surface area contributed by atoms with Crippen LogP contribution in [-0.2, 0) is 9.59 Å². The highest BCUT2D eigenvalue weighted by atomic mass is 16.3. The first-order valence-corrected chi connectivity index (χ1v) is 8.20. The van der Waals surface area contributed by atoms with Gasteiger partial charge < -0.3 is 10.2 Å². The van der Waals surface area contributed by atoms with Crippen LogP contribution < -0.4 is 0 Å². The zero-order chi connectivity index (χ0) is 16.0. The van der Waals surface area contributed by atoms with E-state index in [-0.39, 0.29) is 24.3 Å². The zero-order valence-electron chi connectivity index (χ0n) is 13.3. The molecule has 22 heavy (non-hydrogen) atoms. The summed E-state index contributed by atoms with van der Waals surface area (Å²) in [6, 6.07) is 0.856. The number of hydrogen-bond acceptors (Lipinski definition) is 6. The second-order valence-electron chi connectivity index (χ2n) is 7.27. The quantitative estimate of drug-likeness (QED) is 0.632. The Balaban J connectivity index is 0.000000131. The van der Waals surface area contributed by atoms with E-state index in [9.17, 15) is 19.8 Å².